The number of urea groups is 1. The predicted molar refractivity (Wildman–Crippen MR) is 79.5 cm³/mol. The van der Waals surface area contributed by atoms with Crippen molar-refractivity contribution in [2.24, 2.45) is 0 Å². The molecule has 0 saturated carbocycles. The van der Waals surface area contributed by atoms with Gasteiger partial charge in [0, 0.05) is 12.7 Å². The van der Waals surface area contributed by atoms with Gasteiger partial charge in [0.25, 0.3) is 0 Å². The highest BCUT2D eigenvalue weighted by Crippen LogP contribution is 2.34. The maximum Gasteiger partial charge on any atom is 0.324 e. The number of rotatable bonds is 3. The highest BCUT2D eigenvalue weighted by Gasteiger charge is 2.52. The summed E-state index contributed by atoms with van der Waals surface area (Å²) in [7, 11) is -1.42. The fourth-order valence-corrected chi connectivity index (χ4v) is 5.05. The molecule has 0 spiro atoms. The van der Waals surface area contributed by atoms with Gasteiger partial charge in [-0.15, -0.1) is 0 Å². The Balaban J connectivity index is 1.91. The van der Waals surface area contributed by atoms with Crippen LogP contribution in [0.4, 0.5) is 10.5 Å². The third-order valence-electron chi connectivity index (χ3n) is 4.06. The minimum atomic E-state index is -3.08. The highest BCUT2D eigenvalue weighted by atomic mass is 32.2. The van der Waals surface area contributed by atoms with Gasteiger partial charge in [-0.05, 0) is 31.2 Å². The zero-order chi connectivity index (χ0) is 15.2. The average Bonchev–Trinajstić information content (AvgIpc) is 2.85. The van der Waals surface area contributed by atoms with Crippen LogP contribution >= 0.6 is 0 Å². The van der Waals surface area contributed by atoms with Crippen LogP contribution in [0.1, 0.15) is 6.92 Å². The monoisotopic (exact) mass is 310 g/mol. The minimum absolute atomic E-state index is 0.0287. The van der Waals surface area contributed by atoms with E-state index in [0.717, 1.165) is 5.75 Å². The molecule has 2 atom stereocenters. The third-order valence-corrected chi connectivity index (χ3v) is 5.76. The molecule has 21 heavy (non-hydrogen) atoms. The van der Waals surface area contributed by atoms with Crippen molar-refractivity contribution in [2.75, 3.05) is 30.1 Å². The number of hydrogen-bond donors (Lipinski definition) is 0. The number of nitrogens with zero attached hydrogens (tertiary/aromatic N) is 2. The van der Waals surface area contributed by atoms with Crippen LogP contribution < -0.4 is 9.64 Å². The molecule has 2 amide bonds. The van der Waals surface area contributed by atoms with Gasteiger partial charge in [-0.25, -0.2) is 13.2 Å². The summed E-state index contributed by atoms with van der Waals surface area (Å²) in [6.45, 7) is 2.48. The lowest BCUT2D eigenvalue weighted by Gasteiger charge is -2.21. The number of carbonyl (C=O) groups is 1. The second-order valence-corrected chi connectivity index (χ2v) is 7.56. The fraction of sp³-hybridized carbons (Fsp3) is 0.500. The zero-order valence-corrected chi connectivity index (χ0v) is 12.8. The van der Waals surface area contributed by atoms with E-state index in [4.69, 9.17) is 4.74 Å². The van der Waals surface area contributed by atoms with Gasteiger partial charge in [0.15, 0.2) is 9.84 Å². The van der Waals surface area contributed by atoms with Gasteiger partial charge in [-0.3, -0.25) is 4.90 Å². The number of amides is 2. The maximum absolute atomic E-state index is 12.4. The quantitative estimate of drug-likeness (QED) is 0.785. The number of likely N-dealkylation sites (N-methyl/N-ethyl adjacent to an activating group) is 1. The molecule has 0 aromatic heterocycles. The van der Waals surface area contributed by atoms with Crippen LogP contribution in [0, 0.1) is 0 Å². The topological polar surface area (TPSA) is 66.9 Å². The number of anilines is 1. The summed E-state index contributed by atoms with van der Waals surface area (Å²) in [5, 5.41) is 0. The molecule has 3 rings (SSSR count). The van der Waals surface area contributed by atoms with Crippen molar-refractivity contribution < 1.29 is 17.9 Å². The van der Waals surface area contributed by atoms with E-state index in [2.05, 4.69) is 0 Å². The summed E-state index contributed by atoms with van der Waals surface area (Å²) in [6.07, 6.45) is 0. The largest absolute Gasteiger partial charge is 0.494 e. The fourth-order valence-electron chi connectivity index (χ4n) is 3.05. The summed E-state index contributed by atoms with van der Waals surface area (Å²) in [5.41, 5.74) is 0.708. The van der Waals surface area contributed by atoms with Gasteiger partial charge >= 0.3 is 6.03 Å². The molecule has 2 aliphatic rings. The molecular formula is C14H18N2O4S. The molecule has 0 N–H and O–H groups in total. The number of ether oxygens (including phenoxy) is 1. The smallest absolute Gasteiger partial charge is 0.324 e. The summed E-state index contributed by atoms with van der Waals surface area (Å²) >= 11 is 0. The third kappa shape index (κ3) is 2.35. The van der Waals surface area contributed by atoms with Crippen molar-refractivity contribution in [1.82, 2.24) is 4.90 Å². The number of benzene rings is 1. The molecule has 0 radical (unpaired) electrons. The number of fused-ring (bicyclic) bond motifs is 1. The van der Waals surface area contributed by atoms with Crippen LogP contribution in [0.15, 0.2) is 24.3 Å². The predicted octanol–water partition coefficient (Wildman–Crippen LogP) is 1.12. The molecule has 2 unspecified atom stereocenters. The SMILES string of the molecule is CCOc1ccc(N2C(=O)N(C)C3CS(=O)(=O)CC32)cc1. The summed E-state index contributed by atoms with van der Waals surface area (Å²) in [4.78, 5) is 15.5. The Morgan fingerprint density at radius 1 is 1.19 bits per heavy atom. The average molecular weight is 310 g/mol. The van der Waals surface area contributed by atoms with E-state index < -0.39 is 9.84 Å². The van der Waals surface area contributed by atoms with E-state index in [-0.39, 0.29) is 29.6 Å². The Morgan fingerprint density at radius 3 is 2.43 bits per heavy atom. The lowest BCUT2D eigenvalue weighted by molar-refractivity contribution is 0.221. The maximum atomic E-state index is 12.4. The van der Waals surface area contributed by atoms with E-state index in [1.807, 2.05) is 6.92 Å². The molecule has 6 nitrogen and oxygen atoms in total. The zero-order valence-electron chi connectivity index (χ0n) is 12.0. The Kier molecular flexibility index (Phi) is 3.32. The molecule has 1 aromatic rings. The van der Waals surface area contributed by atoms with Crippen LogP contribution in [0.25, 0.3) is 0 Å². The van der Waals surface area contributed by atoms with Gasteiger partial charge in [0.1, 0.15) is 5.75 Å². The molecular weight excluding hydrogens is 292 g/mol. The molecule has 2 aliphatic heterocycles. The Labute approximate surface area is 124 Å². The first-order valence-corrected chi connectivity index (χ1v) is 8.74. The molecule has 1 aromatic carbocycles. The van der Waals surface area contributed by atoms with Crippen LogP contribution in [-0.4, -0.2) is 56.6 Å². The normalized spacial score (nSPS) is 27.0. The minimum Gasteiger partial charge on any atom is -0.494 e. The van der Waals surface area contributed by atoms with Crippen molar-refractivity contribution in [3.8, 4) is 5.75 Å². The van der Waals surface area contributed by atoms with Gasteiger partial charge in [-0.1, -0.05) is 0 Å². The molecule has 2 saturated heterocycles. The number of sulfone groups is 1. The standard InChI is InChI=1S/C14H18N2O4S/c1-3-20-11-6-4-10(5-7-11)16-13-9-21(18,19)8-12(13)15(2)14(16)17/h4-7,12-13H,3,8-9H2,1-2H3. The van der Waals surface area contributed by atoms with E-state index in [9.17, 15) is 13.2 Å². The van der Waals surface area contributed by atoms with Gasteiger partial charge in [0.2, 0.25) is 0 Å². The van der Waals surface area contributed by atoms with E-state index >= 15 is 0 Å². The highest BCUT2D eigenvalue weighted by molar-refractivity contribution is 7.91. The van der Waals surface area contributed by atoms with E-state index in [1.54, 1.807) is 36.2 Å². The Bertz CT molecular complexity index is 656. The van der Waals surface area contributed by atoms with Crippen LogP contribution in [0.3, 0.4) is 0 Å². The lowest BCUT2D eigenvalue weighted by atomic mass is 10.1. The second-order valence-electron chi connectivity index (χ2n) is 5.40. The van der Waals surface area contributed by atoms with Crippen molar-refractivity contribution in [1.29, 1.82) is 0 Å². The summed E-state index contributed by atoms with van der Waals surface area (Å²) in [6, 6.07) is 6.48. The van der Waals surface area contributed by atoms with Crippen molar-refractivity contribution in [3.05, 3.63) is 24.3 Å². The van der Waals surface area contributed by atoms with E-state index in [0.29, 0.717) is 12.3 Å². The first-order valence-electron chi connectivity index (χ1n) is 6.92. The van der Waals surface area contributed by atoms with Gasteiger partial charge in [-0.2, -0.15) is 0 Å². The van der Waals surface area contributed by atoms with Crippen molar-refractivity contribution in [3.63, 3.8) is 0 Å². The number of carbonyl (C=O) groups excluding carboxylic acids is 1. The summed E-state index contributed by atoms with van der Waals surface area (Å²) in [5.74, 6) is 0.811. The lowest BCUT2D eigenvalue weighted by Crippen LogP contribution is -2.36. The van der Waals surface area contributed by atoms with Crippen molar-refractivity contribution >= 4 is 21.6 Å². The van der Waals surface area contributed by atoms with Crippen molar-refractivity contribution in [2.45, 2.75) is 19.0 Å². The first kappa shape index (κ1) is 14.2. The summed E-state index contributed by atoms with van der Waals surface area (Å²) < 4.78 is 29.0. The molecule has 2 heterocycles. The van der Waals surface area contributed by atoms with Crippen LogP contribution in [0.2, 0.25) is 0 Å². The molecule has 0 bridgehead atoms. The molecule has 2 fully saturated rings. The van der Waals surface area contributed by atoms with Gasteiger partial charge in [0.05, 0.1) is 30.2 Å². The van der Waals surface area contributed by atoms with Crippen LogP contribution in [0.5, 0.6) is 5.75 Å². The van der Waals surface area contributed by atoms with E-state index in [1.165, 1.54) is 4.90 Å². The molecule has 7 heteroatoms. The molecule has 0 aliphatic carbocycles. The first-order chi connectivity index (χ1) is 9.93. The number of hydrogen-bond acceptors (Lipinski definition) is 4. The van der Waals surface area contributed by atoms with Gasteiger partial charge < -0.3 is 9.64 Å². The Morgan fingerprint density at radius 2 is 1.81 bits per heavy atom. The Hall–Kier alpha value is -1.76. The van der Waals surface area contributed by atoms with Crippen LogP contribution in [-0.2, 0) is 9.84 Å². The molecule has 114 valence electrons. The second kappa shape index (κ2) is 4.91.